The molecule has 0 spiro atoms. The standard InChI is InChI=1S/C16H19N3O2/c1-19(2)13-7-5-12(6-8-13)18-15-9-4-11(17)10-14(15)16(20)21-3/h4-10,18H,17H2,1-3H3. The number of nitrogens with zero attached hydrogens (tertiary/aromatic N) is 1. The Bertz CT molecular complexity index is 636. The first kappa shape index (κ1) is 14.7. The number of esters is 1. The predicted octanol–water partition coefficient (Wildman–Crippen LogP) is 2.87. The third kappa shape index (κ3) is 3.45. The zero-order chi connectivity index (χ0) is 15.4. The Morgan fingerprint density at radius 1 is 1.14 bits per heavy atom. The van der Waals surface area contributed by atoms with Crippen molar-refractivity contribution in [1.82, 2.24) is 0 Å². The van der Waals surface area contributed by atoms with Gasteiger partial charge in [0, 0.05) is 31.2 Å². The summed E-state index contributed by atoms with van der Waals surface area (Å²) >= 11 is 0. The van der Waals surface area contributed by atoms with Crippen LogP contribution < -0.4 is 16.0 Å². The molecule has 3 N–H and O–H groups in total. The van der Waals surface area contributed by atoms with Crippen LogP contribution in [0.5, 0.6) is 0 Å². The van der Waals surface area contributed by atoms with Crippen molar-refractivity contribution in [1.29, 1.82) is 0 Å². The summed E-state index contributed by atoms with van der Waals surface area (Å²) in [6.45, 7) is 0. The average molecular weight is 285 g/mol. The Labute approximate surface area is 124 Å². The molecule has 0 amide bonds. The van der Waals surface area contributed by atoms with Crippen molar-refractivity contribution >= 4 is 28.7 Å². The lowest BCUT2D eigenvalue weighted by Crippen LogP contribution is -2.08. The molecule has 0 saturated heterocycles. The van der Waals surface area contributed by atoms with E-state index in [0.29, 0.717) is 16.9 Å². The van der Waals surface area contributed by atoms with Crippen LogP contribution in [0, 0.1) is 0 Å². The Balaban J connectivity index is 2.28. The number of carbonyl (C=O) groups excluding carboxylic acids is 1. The average Bonchev–Trinajstić information content (AvgIpc) is 2.48. The molecule has 0 aliphatic carbocycles. The number of nitrogen functional groups attached to an aromatic ring is 1. The predicted molar refractivity (Wildman–Crippen MR) is 86.2 cm³/mol. The fraction of sp³-hybridized carbons (Fsp3) is 0.188. The molecule has 0 aliphatic rings. The molecule has 0 radical (unpaired) electrons. The number of methoxy groups -OCH3 is 1. The van der Waals surface area contributed by atoms with Gasteiger partial charge in [0.25, 0.3) is 0 Å². The largest absolute Gasteiger partial charge is 0.465 e. The summed E-state index contributed by atoms with van der Waals surface area (Å²) in [5.41, 5.74) is 9.30. The highest BCUT2D eigenvalue weighted by Crippen LogP contribution is 2.25. The van der Waals surface area contributed by atoms with Crippen LogP contribution in [0.1, 0.15) is 10.4 Å². The van der Waals surface area contributed by atoms with E-state index in [-0.39, 0.29) is 0 Å². The van der Waals surface area contributed by atoms with Gasteiger partial charge in [-0.15, -0.1) is 0 Å². The van der Waals surface area contributed by atoms with Crippen molar-refractivity contribution in [2.75, 3.05) is 37.2 Å². The molecule has 2 rings (SSSR count). The Kier molecular flexibility index (Phi) is 4.33. The van der Waals surface area contributed by atoms with Crippen LogP contribution >= 0.6 is 0 Å². The van der Waals surface area contributed by atoms with Gasteiger partial charge in [0.2, 0.25) is 0 Å². The first-order chi connectivity index (χ1) is 10.0. The zero-order valence-electron chi connectivity index (χ0n) is 12.4. The second-order valence-electron chi connectivity index (χ2n) is 4.86. The summed E-state index contributed by atoms with van der Waals surface area (Å²) in [5, 5.41) is 3.21. The maximum Gasteiger partial charge on any atom is 0.340 e. The van der Waals surface area contributed by atoms with E-state index in [9.17, 15) is 4.79 Å². The van der Waals surface area contributed by atoms with Gasteiger partial charge < -0.3 is 20.7 Å². The van der Waals surface area contributed by atoms with E-state index in [1.165, 1.54) is 7.11 Å². The quantitative estimate of drug-likeness (QED) is 0.668. The number of benzene rings is 2. The van der Waals surface area contributed by atoms with Gasteiger partial charge in [-0.3, -0.25) is 0 Å². The molecule has 0 atom stereocenters. The maximum absolute atomic E-state index is 11.8. The van der Waals surface area contributed by atoms with Crippen LogP contribution in [-0.2, 0) is 4.74 Å². The van der Waals surface area contributed by atoms with Crippen molar-refractivity contribution in [3.63, 3.8) is 0 Å². The third-order valence-corrected chi connectivity index (χ3v) is 3.11. The van der Waals surface area contributed by atoms with Crippen LogP contribution in [-0.4, -0.2) is 27.2 Å². The molecule has 110 valence electrons. The molecule has 0 aliphatic heterocycles. The van der Waals surface area contributed by atoms with E-state index in [2.05, 4.69) is 5.32 Å². The summed E-state index contributed by atoms with van der Waals surface area (Å²) in [4.78, 5) is 13.8. The summed E-state index contributed by atoms with van der Waals surface area (Å²) in [6, 6.07) is 13.0. The van der Waals surface area contributed by atoms with Crippen LogP contribution in [0.15, 0.2) is 42.5 Å². The highest BCUT2D eigenvalue weighted by molar-refractivity contribution is 5.97. The van der Waals surface area contributed by atoms with E-state index in [1.807, 2.05) is 43.3 Å². The Morgan fingerprint density at radius 3 is 2.38 bits per heavy atom. The number of nitrogens with two attached hydrogens (primary N) is 1. The lowest BCUT2D eigenvalue weighted by Gasteiger charge is -2.14. The number of hydrogen-bond acceptors (Lipinski definition) is 5. The normalized spacial score (nSPS) is 10.0. The van der Waals surface area contributed by atoms with Gasteiger partial charge >= 0.3 is 5.97 Å². The maximum atomic E-state index is 11.8. The molecule has 0 fully saturated rings. The van der Waals surface area contributed by atoms with Crippen molar-refractivity contribution < 1.29 is 9.53 Å². The number of carbonyl (C=O) groups is 1. The van der Waals surface area contributed by atoms with Crippen LogP contribution in [0.25, 0.3) is 0 Å². The van der Waals surface area contributed by atoms with Crippen molar-refractivity contribution in [3.05, 3.63) is 48.0 Å². The zero-order valence-corrected chi connectivity index (χ0v) is 12.4. The molecule has 0 bridgehead atoms. The van der Waals surface area contributed by atoms with Crippen LogP contribution in [0.3, 0.4) is 0 Å². The van der Waals surface area contributed by atoms with E-state index in [1.54, 1.807) is 18.2 Å². The fourth-order valence-corrected chi connectivity index (χ4v) is 1.95. The van der Waals surface area contributed by atoms with Crippen LogP contribution in [0.2, 0.25) is 0 Å². The van der Waals surface area contributed by atoms with Gasteiger partial charge in [0.15, 0.2) is 0 Å². The van der Waals surface area contributed by atoms with Gasteiger partial charge in [0.1, 0.15) is 0 Å². The molecular weight excluding hydrogens is 266 g/mol. The summed E-state index contributed by atoms with van der Waals surface area (Å²) < 4.78 is 4.78. The lowest BCUT2D eigenvalue weighted by atomic mass is 10.1. The molecule has 0 unspecified atom stereocenters. The minimum absolute atomic E-state index is 0.411. The number of anilines is 4. The van der Waals surface area contributed by atoms with Crippen LogP contribution in [0.4, 0.5) is 22.7 Å². The highest BCUT2D eigenvalue weighted by atomic mass is 16.5. The summed E-state index contributed by atoms with van der Waals surface area (Å²) in [7, 11) is 5.32. The molecule has 0 heterocycles. The molecule has 21 heavy (non-hydrogen) atoms. The molecule has 2 aromatic rings. The number of rotatable bonds is 4. The first-order valence-electron chi connectivity index (χ1n) is 6.53. The van der Waals surface area contributed by atoms with Gasteiger partial charge in [0.05, 0.1) is 18.4 Å². The van der Waals surface area contributed by atoms with Crippen molar-refractivity contribution in [3.8, 4) is 0 Å². The molecule has 5 heteroatoms. The molecule has 0 aromatic heterocycles. The minimum Gasteiger partial charge on any atom is -0.465 e. The van der Waals surface area contributed by atoms with Gasteiger partial charge in [-0.05, 0) is 42.5 Å². The third-order valence-electron chi connectivity index (χ3n) is 3.11. The van der Waals surface area contributed by atoms with E-state index >= 15 is 0 Å². The van der Waals surface area contributed by atoms with Crippen molar-refractivity contribution in [2.24, 2.45) is 0 Å². The number of nitrogens with one attached hydrogen (secondary N) is 1. The fourth-order valence-electron chi connectivity index (χ4n) is 1.95. The topological polar surface area (TPSA) is 67.6 Å². The number of hydrogen-bond donors (Lipinski definition) is 2. The van der Waals surface area contributed by atoms with Gasteiger partial charge in [-0.1, -0.05) is 0 Å². The molecule has 2 aromatic carbocycles. The number of ether oxygens (including phenoxy) is 1. The minimum atomic E-state index is -0.422. The van der Waals surface area contributed by atoms with Gasteiger partial charge in [-0.25, -0.2) is 4.79 Å². The lowest BCUT2D eigenvalue weighted by molar-refractivity contribution is 0.0602. The monoisotopic (exact) mass is 285 g/mol. The molecule has 0 saturated carbocycles. The highest BCUT2D eigenvalue weighted by Gasteiger charge is 2.12. The first-order valence-corrected chi connectivity index (χ1v) is 6.53. The second-order valence-corrected chi connectivity index (χ2v) is 4.86. The Hall–Kier alpha value is -2.69. The molecular formula is C16H19N3O2. The van der Waals surface area contributed by atoms with Crippen molar-refractivity contribution in [2.45, 2.75) is 0 Å². The summed E-state index contributed by atoms with van der Waals surface area (Å²) in [6.07, 6.45) is 0. The second kappa shape index (κ2) is 6.17. The van der Waals surface area contributed by atoms with Gasteiger partial charge in [-0.2, -0.15) is 0 Å². The van der Waals surface area contributed by atoms with E-state index in [4.69, 9.17) is 10.5 Å². The molecule has 5 nitrogen and oxygen atoms in total. The summed E-state index contributed by atoms with van der Waals surface area (Å²) in [5.74, 6) is -0.422. The smallest absolute Gasteiger partial charge is 0.340 e. The Morgan fingerprint density at radius 2 is 1.81 bits per heavy atom. The van der Waals surface area contributed by atoms with E-state index < -0.39 is 5.97 Å². The van der Waals surface area contributed by atoms with E-state index in [0.717, 1.165) is 11.4 Å². The SMILES string of the molecule is COC(=O)c1cc(N)ccc1Nc1ccc(N(C)C)cc1.